The van der Waals surface area contributed by atoms with Crippen LogP contribution in [0.5, 0.6) is 0 Å². The number of quaternary nitrogens is 1. The average Bonchev–Trinajstić information content (AvgIpc) is 2.89. The molecule has 0 aliphatic carbocycles. The third-order valence-corrected chi connectivity index (χ3v) is 7.39. The zero-order chi connectivity index (χ0) is 24.3. The molecule has 0 aromatic heterocycles. The fourth-order valence-electron chi connectivity index (χ4n) is 5.48. The average molecular weight is 474 g/mol. The topological polar surface area (TPSA) is 55.4 Å². The summed E-state index contributed by atoms with van der Waals surface area (Å²) in [6, 6.07) is 24.5. The molecule has 0 saturated carbocycles. The van der Waals surface area contributed by atoms with Gasteiger partial charge in [0.25, 0.3) is 0 Å². The van der Waals surface area contributed by atoms with Gasteiger partial charge in [-0.2, -0.15) is 0 Å². The summed E-state index contributed by atoms with van der Waals surface area (Å²) in [7, 11) is 0. The van der Waals surface area contributed by atoms with E-state index in [4.69, 9.17) is 4.74 Å². The zero-order valence-electron chi connectivity index (χ0n) is 19.6. The summed E-state index contributed by atoms with van der Waals surface area (Å²) in [5, 5.41) is 3.33. The van der Waals surface area contributed by atoms with Crippen molar-refractivity contribution in [2.45, 2.75) is 25.0 Å². The second kappa shape index (κ2) is 10.0. The smallest absolute Gasteiger partial charge is 0.333 e. The van der Waals surface area contributed by atoms with Crippen LogP contribution in [-0.4, -0.2) is 48.5 Å². The quantitative estimate of drug-likeness (QED) is 0.284. The monoisotopic (exact) mass is 473 g/mol. The number of benzene rings is 3. The van der Waals surface area contributed by atoms with Crippen molar-refractivity contribution >= 4 is 17.4 Å². The molecule has 3 saturated heterocycles. The van der Waals surface area contributed by atoms with Gasteiger partial charge in [-0.15, -0.1) is 0 Å². The van der Waals surface area contributed by atoms with Crippen molar-refractivity contribution < 1.29 is 23.2 Å². The van der Waals surface area contributed by atoms with E-state index in [0.717, 1.165) is 37.2 Å². The van der Waals surface area contributed by atoms with Crippen LogP contribution in [0.25, 0.3) is 0 Å². The normalized spacial score (nSPS) is 23.9. The summed E-state index contributed by atoms with van der Waals surface area (Å²) < 4.78 is 20.4. The molecule has 2 atom stereocenters. The lowest BCUT2D eigenvalue weighted by Crippen LogP contribution is -2.65. The number of rotatable bonds is 8. The molecule has 6 rings (SSSR count). The number of ether oxygens (including phenoxy) is 1. The van der Waals surface area contributed by atoms with Gasteiger partial charge in [-0.25, -0.2) is 9.18 Å². The lowest BCUT2D eigenvalue weighted by molar-refractivity contribution is -0.938. The molecule has 5 nitrogen and oxygen atoms in total. The highest BCUT2D eigenvalue weighted by Gasteiger charge is 2.49. The number of carbonyl (C=O) groups is 2. The molecule has 1 unspecified atom stereocenters. The number of nitrogens with one attached hydrogen (secondary N) is 1. The van der Waals surface area contributed by atoms with Crippen molar-refractivity contribution in [3.05, 3.63) is 102 Å². The number of anilines is 1. The first-order chi connectivity index (χ1) is 17.0. The lowest BCUT2D eigenvalue weighted by atomic mass is 9.82. The first-order valence-corrected chi connectivity index (χ1v) is 12.2. The lowest BCUT2D eigenvalue weighted by Gasteiger charge is -2.51. The minimum absolute atomic E-state index is 0.0668. The van der Waals surface area contributed by atoms with Crippen molar-refractivity contribution in [1.82, 2.24) is 0 Å². The van der Waals surface area contributed by atoms with E-state index in [1.165, 1.54) is 12.1 Å². The van der Waals surface area contributed by atoms with Gasteiger partial charge in [0, 0.05) is 30.0 Å². The molecule has 0 radical (unpaired) electrons. The first kappa shape index (κ1) is 23.2. The maximum absolute atomic E-state index is 13.6. The molecular weight excluding hydrogens is 443 g/mol. The zero-order valence-corrected chi connectivity index (χ0v) is 19.6. The number of esters is 1. The van der Waals surface area contributed by atoms with Crippen molar-refractivity contribution in [2.24, 2.45) is 5.92 Å². The molecule has 2 bridgehead atoms. The molecule has 3 aliphatic heterocycles. The highest BCUT2D eigenvalue weighted by molar-refractivity contribution is 5.97. The van der Waals surface area contributed by atoms with Crippen LogP contribution < -0.4 is 5.32 Å². The predicted molar refractivity (Wildman–Crippen MR) is 132 cm³/mol. The van der Waals surface area contributed by atoms with Gasteiger partial charge < -0.3 is 14.5 Å². The van der Waals surface area contributed by atoms with Gasteiger partial charge >= 0.3 is 5.97 Å². The Hall–Kier alpha value is -3.51. The summed E-state index contributed by atoms with van der Waals surface area (Å²) in [5.41, 5.74) is 2.08. The number of hydrogen-bond donors (Lipinski definition) is 1. The Bertz CT molecular complexity index is 1180. The molecule has 0 amide bonds. The fraction of sp³-hybridized carbons (Fsp3) is 0.310. The van der Waals surface area contributed by atoms with E-state index in [-0.39, 0.29) is 17.9 Å². The number of fused-ring (bicyclic) bond motifs is 3. The van der Waals surface area contributed by atoms with Gasteiger partial charge in [0.05, 0.1) is 13.1 Å². The number of carbonyl (C=O) groups excluding carboxylic acids is 2. The van der Waals surface area contributed by atoms with Crippen molar-refractivity contribution in [2.75, 3.05) is 31.5 Å². The highest BCUT2D eigenvalue weighted by atomic mass is 19.1. The summed E-state index contributed by atoms with van der Waals surface area (Å²) in [6.07, 6.45) is 1.58. The molecule has 3 aliphatic rings. The van der Waals surface area contributed by atoms with Crippen LogP contribution in [0.4, 0.5) is 10.1 Å². The third-order valence-electron chi connectivity index (χ3n) is 7.39. The van der Waals surface area contributed by atoms with E-state index < -0.39 is 11.9 Å². The van der Waals surface area contributed by atoms with E-state index in [9.17, 15) is 14.0 Å². The molecule has 3 fully saturated rings. The van der Waals surface area contributed by atoms with Gasteiger partial charge in [-0.1, -0.05) is 60.7 Å². The van der Waals surface area contributed by atoms with E-state index in [2.05, 4.69) is 5.32 Å². The maximum Gasteiger partial charge on any atom is 0.333 e. The molecule has 1 N–H and O–H groups in total. The largest absolute Gasteiger partial charge is 0.454 e. The Morgan fingerprint density at radius 2 is 1.63 bits per heavy atom. The van der Waals surface area contributed by atoms with Crippen LogP contribution in [0.1, 0.15) is 34.8 Å². The Labute approximate surface area is 205 Å². The highest BCUT2D eigenvalue weighted by Crippen LogP contribution is 2.36. The summed E-state index contributed by atoms with van der Waals surface area (Å²) in [5.74, 6) is -0.481. The van der Waals surface area contributed by atoms with Crippen LogP contribution in [0.3, 0.4) is 0 Å². The second-order valence-electron chi connectivity index (χ2n) is 9.73. The van der Waals surface area contributed by atoms with E-state index in [0.29, 0.717) is 29.1 Å². The Balaban J connectivity index is 1.31. The van der Waals surface area contributed by atoms with Gasteiger partial charge in [0.1, 0.15) is 18.9 Å². The number of ketones is 1. The summed E-state index contributed by atoms with van der Waals surface area (Å²) >= 11 is 0. The minimum atomic E-state index is -0.628. The predicted octanol–water partition coefficient (Wildman–Crippen LogP) is 5.01. The number of hydrogen-bond acceptors (Lipinski definition) is 4. The summed E-state index contributed by atoms with van der Waals surface area (Å²) in [6.45, 7) is 2.67. The molecule has 0 spiro atoms. The van der Waals surface area contributed by atoms with Crippen molar-refractivity contribution in [1.29, 1.82) is 0 Å². The molecule has 3 heterocycles. The van der Waals surface area contributed by atoms with Crippen molar-refractivity contribution in [3.8, 4) is 0 Å². The molecule has 3 aromatic carbocycles. The minimum Gasteiger partial charge on any atom is -0.454 e. The standard InChI is InChI=1S/C29H30FN2O3/c30-24-11-7-10-23(18-24)26(33)19-32-16-14-21(15-17-32)27(20-32)35-29(34)28(22-8-3-1-4-9-22)31-25-12-5-2-6-13-25/h1-13,18,21,27-28,31H,14-17,19-20H2/q+1/t21?,27-,28?,32?/m0/s1. The Morgan fingerprint density at radius 1 is 0.943 bits per heavy atom. The number of Topliss-reactive ketones (excluding diaryl/α,β-unsaturated/α-hetero) is 1. The number of halogens is 1. The molecular formula is C29H30FN2O3+. The van der Waals surface area contributed by atoms with E-state index in [1.807, 2.05) is 60.7 Å². The van der Waals surface area contributed by atoms with Gasteiger partial charge in [-0.05, 0) is 29.8 Å². The fourth-order valence-corrected chi connectivity index (χ4v) is 5.48. The molecule has 180 valence electrons. The van der Waals surface area contributed by atoms with Crippen LogP contribution in [0.15, 0.2) is 84.9 Å². The van der Waals surface area contributed by atoms with Crippen LogP contribution in [0, 0.1) is 11.7 Å². The summed E-state index contributed by atoms with van der Waals surface area (Å²) in [4.78, 5) is 26.4. The molecule has 3 aromatic rings. The maximum atomic E-state index is 13.6. The van der Waals surface area contributed by atoms with Gasteiger partial charge in [0.15, 0.2) is 12.1 Å². The van der Waals surface area contributed by atoms with Gasteiger partial charge in [0.2, 0.25) is 5.78 Å². The molecule has 6 heteroatoms. The van der Waals surface area contributed by atoms with Crippen molar-refractivity contribution in [3.63, 3.8) is 0 Å². The van der Waals surface area contributed by atoms with E-state index >= 15 is 0 Å². The van der Waals surface area contributed by atoms with Crippen LogP contribution in [0.2, 0.25) is 0 Å². The number of para-hydroxylation sites is 1. The first-order valence-electron chi connectivity index (χ1n) is 12.2. The molecule has 35 heavy (non-hydrogen) atoms. The Kier molecular flexibility index (Phi) is 6.64. The SMILES string of the molecule is O=C(C[N+]12CCC(CC1)[C@@H](OC(=O)C(Nc1ccccc1)c1ccccc1)C2)c1cccc(F)c1. The van der Waals surface area contributed by atoms with Gasteiger partial charge in [-0.3, -0.25) is 4.79 Å². The van der Waals surface area contributed by atoms with E-state index in [1.54, 1.807) is 12.1 Å². The number of piperidine rings is 3. The Morgan fingerprint density at radius 3 is 2.31 bits per heavy atom. The van der Waals surface area contributed by atoms with Crippen LogP contribution >= 0.6 is 0 Å². The second-order valence-corrected chi connectivity index (χ2v) is 9.73. The third kappa shape index (κ3) is 5.28. The number of nitrogens with zero attached hydrogens (tertiary/aromatic N) is 1. The van der Waals surface area contributed by atoms with Crippen LogP contribution in [-0.2, 0) is 9.53 Å².